The molecule has 0 saturated heterocycles. The summed E-state index contributed by atoms with van der Waals surface area (Å²) in [6.07, 6.45) is -0.980. The Balaban J connectivity index is 1.69. The van der Waals surface area contributed by atoms with Crippen LogP contribution in [0.25, 0.3) is 0 Å². The Morgan fingerprint density at radius 3 is 1.82 bits per heavy atom. The number of aliphatic hydroxyl groups excluding tert-OH is 1. The smallest absolute Gasteiger partial charge is 0.244 e. The van der Waals surface area contributed by atoms with Gasteiger partial charge in [-0.15, -0.1) is 0 Å². The van der Waals surface area contributed by atoms with Crippen molar-refractivity contribution in [2.45, 2.75) is 41.7 Å². The summed E-state index contributed by atoms with van der Waals surface area (Å²) < 4.78 is 40.7. The van der Waals surface area contributed by atoms with Crippen molar-refractivity contribution in [1.82, 2.24) is 4.72 Å². The molecular weight excluding hydrogens is 438 g/mol. The highest BCUT2D eigenvalue weighted by Crippen LogP contribution is 2.59. The van der Waals surface area contributed by atoms with Crippen LogP contribution >= 0.6 is 0 Å². The van der Waals surface area contributed by atoms with Gasteiger partial charge in [0.15, 0.2) is 0 Å². The van der Waals surface area contributed by atoms with E-state index < -0.39 is 33.0 Å². The first-order valence-corrected chi connectivity index (χ1v) is 12.3. The van der Waals surface area contributed by atoms with Crippen LogP contribution in [0.5, 0.6) is 11.5 Å². The van der Waals surface area contributed by atoms with Gasteiger partial charge < -0.3 is 14.6 Å². The van der Waals surface area contributed by atoms with E-state index >= 15 is 0 Å². The minimum Gasteiger partial charge on any atom is -0.497 e. The second-order valence-corrected chi connectivity index (χ2v) is 10.7. The van der Waals surface area contributed by atoms with Crippen molar-refractivity contribution in [2.24, 2.45) is 0 Å². The fourth-order valence-corrected chi connectivity index (χ4v) is 7.26. The van der Waals surface area contributed by atoms with E-state index in [1.807, 2.05) is 62.4 Å². The lowest BCUT2D eigenvalue weighted by atomic mass is 9.47. The van der Waals surface area contributed by atoms with Crippen LogP contribution in [0.4, 0.5) is 0 Å². The zero-order valence-electron chi connectivity index (χ0n) is 19.0. The van der Waals surface area contributed by atoms with Gasteiger partial charge >= 0.3 is 0 Å². The average molecular weight is 466 g/mol. The van der Waals surface area contributed by atoms with Crippen LogP contribution in [-0.4, -0.2) is 39.9 Å². The molecule has 2 atom stereocenters. The second kappa shape index (κ2) is 7.32. The molecule has 3 aliphatic rings. The molecule has 0 spiro atoms. The molecule has 0 fully saturated rings. The molecule has 0 heterocycles. The first-order valence-electron chi connectivity index (χ1n) is 10.8. The molecule has 6 nitrogen and oxygen atoms in total. The number of rotatable bonds is 5. The van der Waals surface area contributed by atoms with E-state index in [0.717, 1.165) is 22.3 Å². The third kappa shape index (κ3) is 2.82. The van der Waals surface area contributed by atoms with Crippen molar-refractivity contribution < 1.29 is 23.0 Å². The minimum atomic E-state index is -4.04. The van der Waals surface area contributed by atoms with Crippen LogP contribution in [0, 0.1) is 0 Å². The first-order chi connectivity index (χ1) is 15.7. The number of methoxy groups -OCH3 is 2. The van der Waals surface area contributed by atoms with Crippen molar-refractivity contribution in [2.75, 3.05) is 14.2 Å². The summed E-state index contributed by atoms with van der Waals surface area (Å²) in [6.45, 7) is 3.99. The van der Waals surface area contributed by atoms with Crippen LogP contribution in [-0.2, 0) is 20.9 Å². The molecule has 3 aliphatic carbocycles. The number of benzene rings is 3. The molecule has 0 amide bonds. The standard InChI is InChI=1S/C26H27NO5S/c1-25-17-9-5-7-11-19(17)26(2,20-12-8-6-10-18(20)25)24(28)23(25)27-33(29,30)22-14-13-16(31-3)15-21(22)32-4/h5-15,23-24,27-28H,1-4H3. The Labute approximate surface area is 194 Å². The van der Waals surface area contributed by atoms with Gasteiger partial charge in [0.1, 0.15) is 16.4 Å². The molecule has 0 radical (unpaired) electrons. The van der Waals surface area contributed by atoms with Crippen LogP contribution in [0.1, 0.15) is 36.1 Å². The van der Waals surface area contributed by atoms with Crippen LogP contribution < -0.4 is 14.2 Å². The van der Waals surface area contributed by atoms with Crippen molar-refractivity contribution >= 4 is 10.0 Å². The quantitative estimate of drug-likeness (QED) is 0.604. The Kier molecular flexibility index (Phi) is 4.87. The number of nitrogens with one attached hydrogen (secondary N) is 1. The summed E-state index contributed by atoms with van der Waals surface area (Å²) in [6, 6.07) is 19.8. The van der Waals surface area contributed by atoms with Gasteiger partial charge in [-0.05, 0) is 48.2 Å². The fraction of sp³-hybridized carbons (Fsp3) is 0.308. The second-order valence-electron chi connectivity index (χ2n) is 9.06. The van der Waals surface area contributed by atoms with Gasteiger partial charge in [-0.1, -0.05) is 48.5 Å². The SMILES string of the molecule is COc1ccc(S(=O)(=O)NC2C(O)C3(C)c4ccccc4C2(C)c2ccccc23)c(OC)c1. The van der Waals surface area contributed by atoms with Gasteiger partial charge in [-0.2, -0.15) is 0 Å². The molecule has 0 aromatic heterocycles. The number of hydrogen-bond acceptors (Lipinski definition) is 5. The van der Waals surface area contributed by atoms with E-state index in [1.54, 1.807) is 6.07 Å². The molecule has 0 saturated carbocycles. The molecule has 2 N–H and O–H groups in total. The van der Waals surface area contributed by atoms with Crippen molar-refractivity contribution in [3.8, 4) is 11.5 Å². The minimum absolute atomic E-state index is 0.00484. The Hall–Kier alpha value is -2.87. The highest BCUT2D eigenvalue weighted by molar-refractivity contribution is 7.89. The third-order valence-corrected chi connectivity index (χ3v) is 9.04. The fourth-order valence-electron chi connectivity index (χ4n) is 5.78. The zero-order valence-corrected chi connectivity index (χ0v) is 19.8. The molecule has 2 bridgehead atoms. The van der Waals surface area contributed by atoms with Crippen LogP contribution in [0.2, 0.25) is 0 Å². The number of sulfonamides is 1. The van der Waals surface area contributed by atoms with Gasteiger partial charge in [-0.3, -0.25) is 0 Å². The predicted octanol–water partition coefficient (Wildman–Crippen LogP) is 3.35. The van der Waals surface area contributed by atoms with Gasteiger partial charge in [0.25, 0.3) is 0 Å². The van der Waals surface area contributed by atoms with Gasteiger partial charge in [0.05, 0.1) is 26.4 Å². The lowest BCUT2D eigenvalue weighted by molar-refractivity contribution is 0.0302. The van der Waals surface area contributed by atoms with Gasteiger partial charge in [0, 0.05) is 16.9 Å². The number of aliphatic hydroxyl groups is 1. The average Bonchev–Trinajstić information content (AvgIpc) is 2.84. The molecule has 172 valence electrons. The van der Waals surface area contributed by atoms with E-state index in [1.165, 1.54) is 26.4 Å². The largest absolute Gasteiger partial charge is 0.497 e. The topological polar surface area (TPSA) is 84.9 Å². The Morgan fingerprint density at radius 2 is 1.33 bits per heavy atom. The summed E-state index contributed by atoms with van der Waals surface area (Å²) >= 11 is 0. The number of ether oxygens (including phenoxy) is 2. The molecule has 3 aromatic rings. The maximum Gasteiger partial charge on any atom is 0.244 e. The monoisotopic (exact) mass is 465 g/mol. The molecule has 6 rings (SSSR count). The molecular formula is C26H27NO5S. The first kappa shape index (κ1) is 21.9. The van der Waals surface area contributed by atoms with E-state index in [-0.39, 0.29) is 10.6 Å². The molecule has 0 aliphatic heterocycles. The summed E-state index contributed by atoms with van der Waals surface area (Å²) in [5, 5.41) is 11.7. The van der Waals surface area contributed by atoms with E-state index in [2.05, 4.69) is 4.72 Å². The molecule has 3 aromatic carbocycles. The Morgan fingerprint density at radius 1 is 0.818 bits per heavy atom. The van der Waals surface area contributed by atoms with Crippen molar-refractivity contribution in [3.05, 3.63) is 89.0 Å². The predicted molar refractivity (Wildman–Crippen MR) is 125 cm³/mol. The third-order valence-electron chi connectivity index (χ3n) is 7.56. The van der Waals surface area contributed by atoms with E-state index in [4.69, 9.17) is 9.47 Å². The highest BCUT2D eigenvalue weighted by Gasteiger charge is 2.62. The van der Waals surface area contributed by atoms with Crippen molar-refractivity contribution in [1.29, 1.82) is 0 Å². The summed E-state index contributed by atoms with van der Waals surface area (Å²) in [4.78, 5) is -0.00484. The molecule has 7 heteroatoms. The van der Waals surface area contributed by atoms with E-state index in [9.17, 15) is 13.5 Å². The zero-order chi connectivity index (χ0) is 23.6. The lowest BCUT2D eigenvalue weighted by Gasteiger charge is -2.59. The molecule has 33 heavy (non-hydrogen) atoms. The summed E-state index contributed by atoms with van der Waals surface area (Å²) in [7, 11) is -1.12. The number of fused-ring (bicyclic) bond motifs is 1. The summed E-state index contributed by atoms with van der Waals surface area (Å²) in [5.74, 6) is 0.666. The Bertz CT molecular complexity index is 1300. The summed E-state index contributed by atoms with van der Waals surface area (Å²) in [5.41, 5.74) is 2.56. The van der Waals surface area contributed by atoms with Crippen molar-refractivity contribution in [3.63, 3.8) is 0 Å². The molecule has 2 unspecified atom stereocenters. The lowest BCUT2D eigenvalue weighted by Crippen LogP contribution is -2.69. The maximum absolute atomic E-state index is 13.6. The van der Waals surface area contributed by atoms with E-state index in [0.29, 0.717) is 5.75 Å². The highest BCUT2D eigenvalue weighted by atomic mass is 32.2. The normalized spacial score (nSPS) is 27.5. The maximum atomic E-state index is 13.6. The van der Waals surface area contributed by atoms with Gasteiger partial charge in [0.2, 0.25) is 10.0 Å². The number of hydrogen-bond donors (Lipinski definition) is 2. The van der Waals surface area contributed by atoms with Crippen LogP contribution in [0.3, 0.4) is 0 Å². The van der Waals surface area contributed by atoms with Crippen LogP contribution in [0.15, 0.2) is 71.6 Å². The van der Waals surface area contributed by atoms with Gasteiger partial charge in [-0.25, -0.2) is 13.1 Å².